The summed E-state index contributed by atoms with van der Waals surface area (Å²) in [5.41, 5.74) is 0.671. The summed E-state index contributed by atoms with van der Waals surface area (Å²) in [6.07, 6.45) is 1.56. The van der Waals surface area contributed by atoms with Crippen LogP contribution in [0.15, 0.2) is 40.5 Å². The van der Waals surface area contributed by atoms with Crippen molar-refractivity contribution in [2.24, 2.45) is 0 Å². The van der Waals surface area contributed by atoms with Crippen molar-refractivity contribution in [2.75, 3.05) is 31.5 Å². The number of carbonyl (C=O) groups excluding carboxylic acids is 2. The summed E-state index contributed by atoms with van der Waals surface area (Å²) in [5, 5.41) is 11.9. The molecule has 0 bridgehead atoms. The zero-order valence-corrected chi connectivity index (χ0v) is 14.3. The largest absolute Gasteiger partial charge is 0.373 e. The van der Waals surface area contributed by atoms with Gasteiger partial charge in [-0.2, -0.15) is 5.26 Å². The van der Waals surface area contributed by atoms with Gasteiger partial charge < -0.3 is 15.1 Å². The third-order valence-electron chi connectivity index (χ3n) is 3.54. The summed E-state index contributed by atoms with van der Waals surface area (Å²) in [4.78, 5) is 27.1. The Balaban J connectivity index is 1.99. The molecule has 1 aromatic carbocycles. The minimum absolute atomic E-state index is 0.0436. The second-order valence-corrected chi connectivity index (χ2v) is 6.07. The van der Waals surface area contributed by atoms with Gasteiger partial charge in [0.05, 0.1) is 0 Å². The minimum atomic E-state index is -0.441. The van der Waals surface area contributed by atoms with Crippen LogP contribution >= 0.6 is 15.9 Å². The molecule has 120 valence electrons. The highest BCUT2D eigenvalue weighted by atomic mass is 79.9. The Labute approximate surface area is 143 Å². The van der Waals surface area contributed by atoms with Crippen LogP contribution in [0.1, 0.15) is 6.92 Å². The van der Waals surface area contributed by atoms with Crippen LogP contribution in [0.5, 0.6) is 0 Å². The second kappa shape index (κ2) is 7.79. The number of nitriles is 1. The highest BCUT2D eigenvalue weighted by Crippen LogP contribution is 2.15. The minimum Gasteiger partial charge on any atom is -0.373 e. The Morgan fingerprint density at radius 1 is 1.22 bits per heavy atom. The van der Waals surface area contributed by atoms with Crippen molar-refractivity contribution in [3.63, 3.8) is 0 Å². The summed E-state index contributed by atoms with van der Waals surface area (Å²) in [5.74, 6) is -0.397. The van der Waals surface area contributed by atoms with Gasteiger partial charge in [0.25, 0.3) is 5.91 Å². The lowest BCUT2D eigenvalue weighted by atomic mass is 10.2. The fourth-order valence-corrected chi connectivity index (χ4v) is 2.48. The molecule has 1 fully saturated rings. The zero-order chi connectivity index (χ0) is 16.8. The molecule has 1 saturated heterocycles. The Morgan fingerprint density at radius 2 is 1.83 bits per heavy atom. The van der Waals surface area contributed by atoms with E-state index in [1.807, 2.05) is 23.1 Å². The first-order chi connectivity index (χ1) is 11.0. The number of carbonyl (C=O) groups is 2. The van der Waals surface area contributed by atoms with Gasteiger partial charge in [0.15, 0.2) is 0 Å². The molecule has 6 nitrogen and oxygen atoms in total. The molecule has 1 N–H and O–H groups in total. The maximum Gasteiger partial charge on any atom is 0.267 e. The van der Waals surface area contributed by atoms with Gasteiger partial charge in [0, 0.05) is 49.5 Å². The van der Waals surface area contributed by atoms with Gasteiger partial charge >= 0.3 is 0 Å². The number of halogens is 1. The molecule has 0 atom stereocenters. The molecule has 0 saturated carbocycles. The van der Waals surface area contributed by atoms with Crippen LogP contribution in [0.4, 0.5) is 5.69 Å². The van der Waals surface area contributed by atoms with Crippen LogP contribution < -0.4 is 5.32 Å². The van der Waals surface area contributed by atoms with E-state index < -0.39 is 5.91 Å². The molecule has 0 unspecified atom stereocenters. The first kappa shape index (κ1) is 17.0. The summed E-state index contributed by atoms with van der Waals surface area (Å²) in [6.45, 7) is 3.95. The first-order valence-corrected chi connectivity index (χ1v) is 7.97. The first-order valence-electron chi connectivity index (χ1n) is 7.18. The molecule has 7 heteroatoms. The van der Waals surface area contributed by atoms with Gasteiger partial charge in [-0.1, -0.05) is 15.9 Å². The van der Waals surface area contributed by atoms with Crippen molar-refractivity contribution in [3.8, 4) is 6.07 Å². The maximum absolute atomic E-state index is 12.2. The average Bonchev–Trinajstić information content (AvgIpc) is 2.55. The number of nitrogens with one attached hydrogen (secondary N) is 1. The molecule has 1 aromatic rings. The predicted molar refractivity (Wildman–Crippen MR) is 90.3 cm³/mol. The summed E-state index contributed by atoms with van der Waals surface area (Å²) in [6, 6.07) is 9.06. The van der Waals surface area contributed by atoms with Crippen molar-refractivity contribution in [3.05, 3.63) is 40.5 Å². The number of benzene rings is 1. The SMILES string of the molecule is CC(=O)N1CCN(/C=C(/C#N)C(=O)Nc2ccc(Br)cc2)CC1. The number of hydrogen-bond donors (Lipinski definition) is 1. The fourth-order valence-electron chi connectivity index (χ4n) is 2.22. The molecule has 1 aliphatic heterocycles. The molecular weight excluding hydrogens is 360 g/mol. The second-order valence-electron chi connectivity index (χ2n) is 5.16. The van der Waals surface area contributed by atoms with E-state index in [0.717, 1.165) is 4.47 Å². The van der Waals surface area contributed by atoms with Crippen LogP contribution in [-0.4, -0.2) is 47.8 Å². The maximum atomic E-state index is 12.2. The normalized spacial score (nSPS) is 15.1. The van der Waals surface area contributed by atoms with Gasteiger partial charge in [-0.05, 0) is 24.3 Å². The van der Waals surface area contributed by atoms with Crippen LogP contribution in [0.3, 0.4) is 0 Å². The van der Waals surface area contributed by atoms with Gasteiger partial charge in [-0.25, -0.2) is 0 Å². The Bertz CT molecular complexity index is 656. The molecule has 2 rings (SSSR count). The van der Waals surface area contributed by atoms with Crippen molar-refractivity contribution in [1.29, 1.82) is 5.26 Å². The highest BCUT2D eigenvalue weighted by Gasteiger charge is 2.18. The van der Waals surface area contributed by atoms with E-state index in [1.54, 1.807) is 23.2 Å². The standard InChI is InChI=1S/C16H17BrN4O2/c1-12(22)21-8-6-20(7-9-21)11-13(10-18)16(23)19-15-4-2-14(17)3-5-15/h2-5,11H,6-9H2,1H3,(H,19,23)/b13-11-. The van der Waals surface area contributed by atoms with Gasteiger partial charge in [0.1, 0.15) is 11.6 Å². The predicted octanol–water partition coefficient (Wildman–Crippen LogP) is 1.96. The van der Waals surface area contributed by atoms with Gasteiger partial charge in [-0.3, -0.25) is 9.59 Å². The highest BCUT2D eigenvalue weighted by molar-refractivity contribution is 9.10. The molecule has 2 amide bonds. The van der Waals surface area contributed by atoms with Crippen LogP contribution in [-0.2, 0) is 9.59 Å². The Kier molecular flexibility index (Phi) is 5.77. The van der Waals surface area contributed by atoms with E-state index in [1.165, 1.54) is 6.92 Å². The van der Waals surface area contributed by atoms with E-state index in [-0.39, 0.29) is 11.5 Å². The van der Waals surface area contributed by atoms with E-state index in [0.29, 0.717) is 31.9 Å². The average molecular weight is 377 g/mol. The molecule has 1 heterocycles. The van der Waals surface area contributed by atoms with E-state index in [9.17, 15) is 14.9 Å². The lowest BCUT2D eigenvalue weighted by molar-refractivity contribution is -0.130. The Morgan fingerprint density at radius 3 is 2.35 bits per heavy atom. The van der Waals surface area contributed by atoms with E-state index in [4.69, 9.17) is 0 Å². The van der Waals surface area contributed by atoms with Crippen LogP contribution in [0, 0.1) is 11.3 Å². The number of piperazine rings is 1. The fraction of sp³-hybridized carbons (Fsp3) is 0.312. The zero-order valence-electron chi connectivity index (χ0n) is 12.8. The van der Waals surface area contributed by atoms with Crippen molar-refractivity contribution in [2.45, 2.75) is 6.92 Å². The lowest BCUT2D eigenvalue weighted by Gasteiger charge is -2.33. The smallest absolute Gasteiger partial charge is 0.267 e. The molecule has 1 aliphatic rings. The van der Waals surface area contributed by atoms with Crippen molar-refractivity contribution >= 4 is 33.4 Å². The van der Waals surface area contributed by atoms with Crippen molar-refractivity contribution in [1.82, 2.24) is 9.80 Å². The topological polar surface area (TPSA) is 76.4 Å². The number of rotatable bonds is 3. The molecule has 0 spiro atoms. The Hall–Kier alpha value is -2.33. The summed E-state index contributed by atoms with van der Waals surface area (Å²) < 4.78 is 0.912. The quantitative estimate of drug-likeness (QED) is 0.646. The van der Waals surface area contributed by atoms with Crippen molar-refractivity contribution < 1.29 is 9.59 Å². The molecule has 0 aromatic heterocycles. The third-order valence-corrected chi connectivity index (χ3v) is 4.07. The molecular formula is C16H17BrN4O2. The number of anilines is 1. The number of amides is 2. The van der Waals surface area contributed by atoms with Gasteiger partial charge in [0.2, 0.25) is 5.91 Å². The third kappa shape index (κ3) is 4.83. The number of hydrogen-bond acceptors (Lipinski definition) is 4. The summed E-state index contributed by atoms with van der Waals surface area (Å²) >= 11 is 3.32. The molecule has 23 heavy (non-hydrogen) atoms. The summed E-state index contributed by atoms with van der Waals surface area (Å²) in [7, 11) is 0. The van der Waals surface area contributed by atoms with E-state index in [2.05, 4.69) is 21.2 Å². The van der Waals surface area contributed by atoms with Crippen LogP contribution in [0.2, 0.25) is 0 Å². The molecule has 0 radical (unpaired) electrons. The van der Waals surface area contributed by atoms with E-state index >= 15 is 0 Å². The monoisotopic (exact) mass is 376 g/mol. The molecule has 0 aliphatic carbocycles. The van der Waals surface area contributed by atoms with Crippen LogP contribution in [0.25, 0.3) is 0 Å². The number of nitrogens with zero attached hydrogens (tertiary/aromatic N) is 3. The lowest BCUT2D eigenvalue weighted by Crippen LogP contribution is -2.46. The van der Waals surface area contributed by atoms with Gasteiger partial charge in [-0.15, -0.1) is 0 Å².